The Morgan fingerprint density at radius 2 is 2.23 bits per heavy atom. The molecule has 0 radical (unpaired) electrons. The van der Waals surface area contributed by atoms with E-state index >= 15 is 0 Å². The van der Waals surface area contributed by atoms with Crippen LogP contribution in [0.1, 0.15) is 6.92 Å². The number of imidazole rings is 1. The summed E-state index contributed by atoms with van der Waals surface area (Å²) in [5.41, 5.74) is 5.37. The maximum atomic E-state index is 10.8. The number of hydrogen-bond acceptors (Lipinski definition) is 5. The fourth-order valence-electron chi connectivity index (χ4n) is 0.668. The molecule has 0 amide bonds. The number of nitrogen functional groups attached to an aromatic ring is 1. The van der Waals surface area contributed by atoms with Crippen LogP contribution in [0.15, 0.2) is 6.20 Å². The zero-order chi connectivity index (χ0) is 10.0. The van der Waals surface area contributed by atoms with Crippen LogP contribution >= 0.6 is 0 Å². The van der Waals surface area contributed by atoms with Gasteiger partial charge in [0.1, 0.15) is 0 Å². The van der Waals surface area contributed by atoms with Gasteiger partial charge in [0.2, 0.25) is 17.6 Å². The number of rotatable bonds is 2. The summed E-state index contributed by atoms with van der Waals surface area (Å²) in [5, 5.41) is 0. The van der Waals surface area contributed by atoms with Crippen molar-refractivity contribution < 1.29 is 14.3 Å². The molecule has 0 aromatic carbocycles. The first kappa shape index (κ1) is 9.24. The van der Waals surface area contributed by atoms with Gasteiger partial charge in [-0.1, -0.05) is 0 Å². The fourth-order valence-corrected chi connectivity index (χ4v) is 0.668. The number of Topliss-reactive ketones (excluding diaryl/α,β-unsaturated/α-hetero) is 1. The van der Waals surface area contributed by atoms with E-state index in [1.165, 1.54) is 10.8 Å². The van der Waals surface area contributed by atoms with Gasteiger partial charge >= 0.3 is 5.97 Å². The molecule has 0 fully saturated rings. The van der Waals surface area contributed by atoms with E-state index in [1.807, 2.05) is 0 Å². The van der Waals surface area contributed by atoms with Gasteiger partial charge in [0.25, 0.3) is 0 Å². The summed E-state index contributed by atoms with van der Waals surface area (Å²) in [4.78, 5) is 24.9. The van der Waals surface area contributed by atoms with Crippen LogP contribution in [0.5, 0.6) is 5.88 Å². The van der Waals surface area contributed by atoms with Crippen molar-refractivity contribution in [3.63, 3.8) is 0 Å². The number of ketones is 1. The first-order valence-electron chi connectivity index (χ1n) is 3.52. The molecule has 13 heavy (non-hydrogen) atoms. The molecule has 0 saturated heterocycles. The topological polar surface area (TPSA) is 87.2 Å². The summed E-state index contributed by atoms with van der Waals surface area (Å²) in [7, 11) is 1.65. The summed E-state index contributed by atoms with van der Waals surface area (Å²) in [5.74, 6) is -1.38. The molecule has 0 aliphatic carbocycles. The molecule has 1 rings (SSSR count). The number of hydrogen-bond donors (Lipinski definition) is 1. The molecule has 6 heteroatoms. The van der Waals surface area contributed by atoms with Crippen LogP contribution in [0.3, 0.4) is 0 Å². The number of aryl methyl sites for hydroxylation is 1. The molecule has 0 bridgehead atoms. The maximum absolute atomic E-state index is 10.8. The van der Waals surface area contributed by atoms with Crippen LogP contribution in [0, 0.1) is 0 Å². The highest BCUT2D eigenvalue weighted by molar-refractivity contribution is 6.33. The molecule has 0 spiro atoms. The third-order valence-electron chi connectivity index (χ3n) is 1.37. The minimum Gasteiger partial charge on any atom is -0.400 e. The lowest BCUT2D eigenvalue weighted by atomic mass is 10.5. The fraction of sp³-hybridized carbons (Fsp3) is 0.286. The van der Waals surface area contributed by atoms with E-state index in [9.17, 15) is 9.59 Å². The van der Waals surface area contributed by atoms with E-state index in [1.54, 1.807) is 7.05 Å². The Balaban J connectivity index is 2.75. The van der Waals surface area contributed by atoms with E-state index in [0.717, 1.165) is 6.92 Å². The summed E-state index contributed by atoms with van der Waals surface area (Å²) < 4.78 is 6.05. The number of carbonyl (C=O) groups excluding carboxylic acids is 2. The Bertz CT molecular complexity index is 336. The van der Waals surface area contributed by atoms with Gasteiger partial charge in [-0.15, -0.1) is 0 Å². The van der Waals surface area contributed by atoms with Crippen LogP contribution in [0.4, 0.5) is 5.95 Å². The molecule has 70 valence electrons. The molecule has 1 heterocycles. The molecule has 0 unspecified atom stereocenters. The van der Waals surface area contributed by atoms with Crippen molar-refractivity contribution >= 4 is 17.7 Å². The molecule has 0 aliphatic heterocycles. The monoisotopic (exact) mass is 183 g/mol. The number of carbonyl (C=O) groups is 2. The van der Waals surface area contributed by atoms with E-state index in [-0.39, 0.29) is 11.8 Å². The summed E-state index contributed by atoms with van der Waals surface area (Å²) in [6.07, 6.45) is 1.41. The van der Waals surface area contributed by atoms with Crippen molar-refractivity contribution in [2.24, 2.45) is 7.05 Å². The predicted molar refractivity (Wildman–Crippen MR) is 43.9 cm³/mol. The second kappa shape index (κ2) is 3.26. The lowest BCUT2D eigenvalue weighted by Crippen LogP contribution is -2.16. The van der Waals surface area contributed by atoms with Gasteiger partial charge in [-0.25, -0.2) is 4.79 Å². The number of anilines is 1. The van der Waals surface area contributed by atoms with Gasteiger partial charge in [0.15, 0.2) is 0 Å². The highest BCUT2D eigenvalue weighted by Crippen LogP contribution is 2.10. The number of nitrogens with zero attached hydrogens (tertiary/aromatic N) is 2. The van der Waals surface area contributed by atoms with Gasteiger partial charge in [0, 0.05) is 14.0 Å². The van der Waals surface area contributed by atoms with Gasteiger partial charge in [-0.2, -0.15) is 4.98 Å². The summed E-state index contributed by atoms with van der Waals surface area (Å²) >= 11 is 0. The Kier molecular flexibility index (Phi) is 2.32. The Morgan fingerprint density at radius 3 is 2.62 bits per heavy atom. The molecular formula is C7H9N3O3. The second-order valence-corrected chi connectivity index (χ2v) is 2.49. The zero-order valence-corrected chi connectivity index (χ0v) is 7.27. The minimum absolute atomic E-state index is 0.0280. The Morgan fingerprint density at radius 1 is 1.62 bits per heavy atom. The van der Waals surface area contributed by atoms with Crippen LogP contribution in [-0.4, -0.2) is 21.3 Å². The predicted octanol–water partition coefficient (Wildman–Crippen LogP) is -0.503. The van der Waals surface area contributed by atoms with Crippen molar-refractivity contribution in [1.29, 1.82) is 0 Å². The van der Waals surface area contributed by atoms with Crippen LogP contribution in [-0.2, 0) is 16.6 Å². The standard InChI is InChI=1S/C7H9N3O3/c1-4(11)6(12)13-5-3-10(2)7(8)9-5/h3H,1-2H3,(H2,8,9). The molecule has 0 atom stereocenters. The number of ether oxygens (including phenoxy) is 1. The number of aromatic nitrogens is 2. The summed E-state index contributed by atoms with van der Waals surface area (Å²) in [6.45, 7) is 1.12. The highest BCUT2D eigenvalue weighted by Gasteiger charge is 2.12. The van der Waals surface area contributed by atoms with E-state index in [4.69, 9.17) is 5.73 Å². The van der Waals surface area contributed by atoms with Crippen LogP contribution in [0.25, 0.3) is 0 Å². The SMILES string of the molecule is CC(=O)C(=O)Oc1cn(C)c(N)n1. The molecule has 1 aromatic rings. The maximum Gasteiger partial charge on any atom is 0.381 e. The van der Waals surface area contributed by atoms with Gasteiger partial charge in [0.05, 0.1) is 6.20 Å². The average Bonchev–Trinajstić information content (AvgIpc) is 2.31. The molecule has 6 nitrogen and oxygen atoms in total. The first-order valence-corrected chi connectivity index (χ1v) is 3.52. The quantitative estimate of drug-likeness (QED) is 0.493. The Hall–Kier alpha value is -1.85. The van der Waals surface area contributed by atoms with Gasteiger partial charge in [-0.05, 0) is 0 Å². The van der Waals surface area contributed by atoms with Gasteiger partial charge in [-0.3, -0.25) is 4.79 Å². The number of nitrogens with two attached hydrogens (primary N) is 1. The lowest BCUT2D eigenvalue weighted by Gasteiger charge is -1.93. The molecule has 0 saturated carbocycles. The van der Waals surface area contributed by atoms with Crippen LogP contribution < -0.4 is 10.5 Å². The van der Waals surface area contributed by atoms with Crippen molar-refractivity contribution in [1.82, 2.24) is 9.55 Å². The Labute approximate surface area is 74.3 Å². The highest BCUT2D eigenvalue weighted by atomic mass is 16.5. The van der Waals surface area contributed by atoms with Crippen molar-refractivity contribution in [3.8, 4) is 5.88 Å². The number of esters is 1. The van der Waals surface area contributed by atoms with Crippen molar-refractivity contribution in [3.05, 3.63) is 6.20 Å². The minimum atomic E-state index is -0.946. The van der Waals surface area contributed by atoms with Crippen LogP contribution in [0.2, 0.25) is 0 Å². The van der Waals surface area contributed by atoms with Crippen molar-refractivity contribution in [2.75, 3.05) is 5.73 Å². The molecule has 1 aromatic heterocycles. The van der Waals surface area contributed by atoms with Crippen molar-refractivity contribution in [2.45, 2.75) is 6.92 Å². The average molecular weight is 183 g/mol. The van der Waals surface area contributed by atoms with E-state index in [0.29, 0.717) is 0 Å². The molecule has 0 aliphatic rings. The van der Waals surface area contributed by atoms with Gasteiger partial charge < -0.3 is 15.0 Å². The molecule has 2 N–H and O–H groups in total. The third-order valence-corrected chi connectivity index (χ3v) is 1.37. The zero-order valence-electron chi connectivity index (χ0n) is 7.27. The third kappa shape index (κ3) is 2.05. The largest absolute Gasteiger partial charge is 0.400 e. The molecular weight excluding hydrogens is 174 g/mol. The first-order chi connectivity index (χ1) is 6.00. The smallest absolute Gasteiger partial charge is 0.381 e. The summed E-state index contributed by atoms with van der Waals surface area (Å²) in [6, 6.07) is 0. The second-order valence-electron chi connectivity index (χ2n) is 2.49. The van der Waals surface area contributed by atoms with E-state index in [2.05, 4.69) is 9.72 Å². The lowest BCUT2D eigenvalue weighted by molar-refractivity contribution is -0.146. The normalized spacial score (nSPS) is 9.69. The van der Waals surface area contributed by atoms with E-state index < -0.39 is 11.8 Å².